The molecule has 0 saturated carbocycles. The van der Waals surface area contributed by atoms with E-state index in [0.717, 1.165) is 37.4 Å². The zero-order chi connectivity index (χ0) is 34.3. The van der Waals surface area contributed by atoms with E-state index in [9.17, 15) is 20.3 Å². The Morgan fingerprint density at radius 2 is 1.75 bits per heavy atom. The number of esters is 1. The molecule has 0 aliphatic carbocycles. The summed E-state index contributed by atoms with van der Waals surface area (Å²) in [6.45, 7) is 9.84. The van der Waals surface area contributed by atoms with E-state index in [2.05, 4.69) is 16.0 Å². The van der Waals surface area contributed by atoms with E-state index in [4.69, 9.17) is 19.2 Å². The lowest BCUT2D eigenvalue weighted by atomic mass is 9.98. The maximum atomic E-state index is 13.0. The molecular weight excluding hydrogens is 610 g/mol. The molecule has 3 aromatic rings. The van der Waals surface area contributed by atoms with E-state index < -0.39 is 11.6 Å². The van der Waals surface area contributed by atoms with Crippen LogP contribution in [0, 0.1) is 22.7 Å². The van der Waals surface area contributed by atoms with Gasteiger partial charge in [0.15, 0.2) is 5.69 Å². The number of hydrogen-bond acceptors (Lipinski definition) is 10. The van der Waals surface area contributed by atoms with E-state index in [0.29, 0.717) is 48.4 Å². The Morgan fingerprint density at radius 1 is 1.04 bits per heavy atom. The van der Waals surface area contributed by atoms with Crippen LogP contribution in [0.5, 0.6) is 0 Å². The average molecular weight is 655 g/mol. The summed E-state index contributed by atoms with van der Waals surface area (Å²) in [5, 5.41) is 20.4. The molecule has 1 aromatic carbocycles. The van der Waals surface area contributed by atoms with E-state index in [1.807, 2.05) is 68.6 Å². The molecule has 1 amide bonds. The van der Waals surface area contributed by atoms with Crippen LogP contribution in [0.2, 0.25) is 0 Å². The minimum atomic E-state index is -0.585. The van der Waals surface area contributed by atoms with Crippen LogP contribution >= 0.6 is 0 Å². The highest BCUT2D eigenvalue weighted by molar-refractivity contribution is 6.04. The van der Waals surface area contributed by atoms with Gasteiger partial charge in [-0.05, 0) is 70.9 Å². The summed E-state index contributed by atoms with van der Waals surface area (Å²) in [4.78, 5) is 38.9. The number of nitrogens with one attached hydrogen (secondary N) is 1. The van der Waals surface area contributed by atoms with Crippen molar-refractivity contribution < 1.29 is 29.1 Å². The second-order valence-electron chi connectivity index (χ2n) is 13.0. The van der Waals surface area contributed by atoms with Crippen LogP contribution in [-0.2, 0) is 14.2 Å². The van der Waals surface area contributed by atoms with E-state index >= 15 is 0 Å². The number of aromatic nitrogens is 2. The van der Waals surface area contributed by atoms with Gasteiger partial charge in [-0.25, -0.2) is 14.6 Å². The highest BCUT2D eigenvalue weighted by Crippen LogP contribution is 2.32. The first kappa shape index (κ1) is 34.3. The molecule has 0 bridgehead atoms. The largest absolute Gasteiger partial charge is 0.474 e. The number of benzene rings is 1. The quantitative estimate of drug-likeness (QED) is 0.142. The second kappa shape index (κ2) is 15.3. The monoisotopic (exact) mass is 654 g/mol. The molecule has 2 aliphatic rings. The van der Waals surface area contributed by atoms with E-state index in [1.165, 1.54) is 0 Å². The Hall–Kier alpha value is -5.02. The molecule has 0 radical (unpaired) electrons. The number of anilines is 1. The van der Waals surface area contributed by atoms with Gasteiger partial charge in [-0.15, -0.1) is 0 Å². The number of ether oxygens (including phenoxy) is 3. The minimum Gasteiger partial charge on any atom is -0.474 e. The number of para-hydroxylation sites is 1. The summed E-state index contributed by atoms with van der Waals surface area (Å²) in [6, 6.07) is 17.4. The number of carbonyl (C=O) groups is 2. The number of nitriles is 1. The SMILES string of the molecule is CCOC(=O)c1cc(-c2ccc(N3CCC(C#N)CC3)nc2)c(C(=N)OC2CCN(C(=O)OC(C)(C)C)CC2)c([NH2+]c2ccccc2)n1. The Bertz CT molecular complexity index is 1630. The highest BCUT2D eigenvalue weighted by atomic mass is 16.6. The van der Waals surface area contributed by atoms with Crippen molar-refractivity contribution >= 4 is 35.3 Å². The first-order valence-electron chi connectivity index (χ1n) is 16.5. The summed E-state index contributed by atoms with van der Waals surface area (Å²) < 4.78 is 17.2. The molecule has 2 saturated heterocycles. The average Bonchev–Trinajstić information content (AvgIpc) is 3.08. The van der Waals surface area contributed by atoms with Gasteiger partial charge in [0.05, 0.1) is 12.7 Å². The summed E-state index contributed by atoms with van der Waals surface area (Å²) in [5.74, 6) is 0.598. The van der Waals surface area contributed by atoms with Crippen LogP contribution in [-0.4, -0.2) is 77.3 Å². The van der Waals surface area contributed by atoms with Gasteiger partial charge in [0.25, 0.3) is 0 Å². The second-order valence-corrected chi connectivity index (χ2v) is 13.0. The summed E-state index contributed by atoms with van der Waals surface area (Å²) >= 11 is 0. The van der Waals surface area contributed by atoms with E-state index in [-0.39, 0.29) is 36.3 Å². The van der Waals surface area contributed by atoms with Gasteiger partial charge in [0.1, 0.15) is 28.8 Å². The number of likely N-dealkylation sites (tertiary alicyclic amines) is 1. The van der Waals surface area contributed by atoms with Gasteiger partial charge in [-0.2, -0.15) is 10.2 Å². The molecule has 12 nitrogen and oxygen atoms in total. The smallest absolute Gasteiger partial charge is 0.410 e. The lowest BCUT2D eigenvalue weighted by Gasteiger charge is -2.33. The summed E-state index contributed by atoms with van der Waals surface area (Å²) in [6.07, 6.45) is 3.71. The highest BCUT2D eigenvalue weighted by Gasteiger charge is 2.31. The third-order valence-electron chi connectivity index (χ3n) is 8.30. The van der Waals surface area contributed by atoms with Crippen LogP contribution in [0.15, 0.2) is 54.7 Å². The number of amides is 1. The number of piperidine rings is 2. The molecular formula is C36H44N7O5+. The summed E-state index contributed by atoms with van der Waals surface area (Å²) in [7, 11) is 0. The van der Waals surface area contributed by atoms with Gasteiger partial charge in [-0.3, -0.25) is 10.7 Å². The van der Waals surface area contributed by atoms with Crippen molar-refractivity contribution in [3.8, 4) is 17.2 Å². The molecule has 2 fully saturated rings. The lowest BCUT2D eigenvalue weighted by Crippen LogP contribution is -2.72. The molecule has 2 aromatic heterocycles. The number of rotatable bonds is 8. The number of nitrogens with zero attached hydrogens (tertiary/aromatic N) is 5. The number of quaternary nitrogens is 1. The fourth-order valence-corrected chi connectivity index (χ4v) is 5.83. The van der Waals surface area contributed by atoms with Crippen molar-refractivity contribution in [2.75, 3.05) is 37.7 Å². The molecule has 4 heterocycles. The molecule has 3 N–H and O–H groups in total. The molecule has 48 heavy (non-hydrogen) atoms. The van der Waals surface area contributed by atoms with Crippen LogP contribution in [0.3, 0.4) is 0 Å². The first-order chi connectivity index (χ1) is 23.0. The zero-order valence-corrected chi connectivity index (χ0v) is 28.1. The Labute approximate surface area is 281 Å². The van der Waals surface area contributed by atoms with Gasteiger partial charge in [-0.1, -0.05) is 18.2 Å². The molecule has 2 aliphatic heterocycles. The maximum Gasteiger partial charge on any atom is 0.410 e. The normalized spacial score (nSPS) is 15.8. The van der Waals surface area contributed by atoms with Gasteiger partial charge in [0, 0.05) is 62.3 Å². The lowest BCUT2D eigenvalue weighted by molar-refractivity contribution is -0.483. The van der Waals surface area contributed by atoms with Crippen LogP contribution in [0.25, 0.3) is 11.1 Å². The minimum absolute atomic E-state index is 0.0658. The predicted octanol–water partition coefficient (Wildman–Crippen LogP) is 5.33. The van der Waals surface area contributed by atoms with Crippen LogP contribution in [0.1, 0.15) is 69.4 Å². The fourth-order valence-electron chi connectivity index (χ4n) is 5.83. The van der Waals surface area contributed by atoms with Crippen molar-refractivity contribution in [2.24, 2.45) is 5.92 Å². The summed E-state index contributed by atoms with van der Waals surface area (Å²) in [5.41, 5.74) is 2.03. The molecule has 252 valence electrons. The van der Waals surface area contributed by atoms with Crippen molar-refractivity contribution in [3.05, 3.63) is 66.0 Å². The predicted molar refractivity (Wildman–Crippen MR) is 180 cm³/mol. The van der Waals surface area contributed by atoms with E-state index in [1.54, 1.807) is 24.1 Å². The first-order valence-corrected chi connectivity index (χ1v) is 16.5. The zero-order valence-electron chi connectivity index (χ0n) is 28.1. The van der Waals surface area contributed by atoms with Gasteiger partial charge >= 0.3 is 12.1 Å². The third-order valence-corrected chi connectivity index (χ3v) is 8.30. The number of nitrogens with two attached hydrogens (primary N) is 1. The fraction of sp³-hybridized carbons (Fsp3) is 0.444. The molecule has 0 unspecified atom stereocenters. The third kappa shape index (κ3) is 8.66. The van der Waals surface area contributed by atoms with Crippen molar-refractivity contribution in [1.29, 1.82) is 10.7 Å². The molecule has 5 rings (SSSR count). The van der Waals surface area contributed by atoms with Crippen LogP contribution in [0.4, 0.5) is 22.1 Å². The molecule has 0 atom stereocenters. The van der Waals surface area contributed by atoms with Crippen molar-refractivity contribution in [1.82, 2.24) is 14.9 Å². The van der Waals surface area contributed by atoms with Gasteiger partial charge < -0.3 is 24.0 Å². The topological polar surface area (TPSA) is 158 Å². The number of pyridine rings is 2. The van der Waals surface area contributed by atoms with Gasteiger partial charge in [0.2, 0.25) is 11.7 Å². The van der Waals surface area contributed by atoms with Crippen LogP contribution < -0.4 is 10.2 Å². The number of carbonyl (C=O) groups excluding carboxylic acids is 2. The standard InChI is InChI=1S/C36H43N7O5/c1-5-46-34(44)29-21-28(25-11-12-30(39-23-25)42-17-13-24(22-37)14-18-42)31(33(41-29)40-26-9-7-6-8-10-26)32(38)47-27-15-19-43(20-16-27)35(45)48-36(2,3)4/h6-12,21,23-24,27,38H,5,13-20H2,1-4H3,(H,40,41)/p+1. The van der Waals surface area contributed by atoms with Crippen molar-refractivity contribution in [3.63, 3.8) is 0 Å². The molecule has 0 spiro atoms. The van der Waals surface area contributed by atoms with Crippen molar-refractivity contribution in [2.45, 2.75) is 65.1 Å². The Balaban J connectivity index is 1.47. The molecule has 12 heteroatoms. The number of hydrogen-bond donors (Lipinski definition) is 2. The maximum absolute atomic E-state index is 13.0. The Morgan fingerprint density at radius 3 is 2.35 bits per heavy atom. The Kier molecular flexibility index (Phi) is 10.9.